The van der Waals surface area contributed by atoms with Crippen molar-refractivity contribution in [2.45, 2.75) is 12.1 Å². The molecule has 0 unspecified atom stereocenters. The highest BCUT2D eigenvalue weighted by molar-refractivity contribution is 7.99. The van der Waals surface area contributed by atoms with Crippen LogP contribution in [-0.2, 0) is 4.79 Å². The van der Waals surface area contributed by atoms with E-state index in [4.69, 9.17) is 0 Å². The fourth-order valence-electron chi connectivity index (χ4n) is 4.14. The first-order valence-corrected chi connectivity index (χ1v) is 13.3. The highest BCUT2D eigenvalue weighted by Crippen LogP contribution is 2.36. The van der Waals surface area contributed by atoms with E-state index < -0.39 is 0 Å². The number of amides is 1. The Hall–Kier alpha value is -4.01. The fourth-order valence-corrected chi connectivity index (χ4v) is 5.76. The molecule has 0 aliphatic rings. The highest BCUT2D eigenvalue weighted by atomic mass is 32.2. The molecule has 0 bridgehead atoms. The minimum absolute atomic E-state index is 0.106. The normalized spacial score (nSPS) is 11.2. The van der Waals surface area contributed by atoms with Crippen LogP contribution in [0.25, 0.3) is 38.1 Å². The molecular weight excluding hydrogens is 486 g/mol. The summed E-state index contributed by atoms with van der Waals surface area (Å²) in [6, 6.07) is 26.3. The van der Waals surface area contributed by atoms with Crippen LogP contribution in [0.4, 0.5) is 5.69 Å². The van der Waals surface area contributed by atoms with Gasteiger partial charge in [0.15, 0.2) is 10.8 Å². The van der Waals surface area contributed by atoms with Crippen molar-refractivity contribution in [3.05, 3.63) is 96.1 Å². The molecule has 1 N–H and O–H groups in total. The maximum atomic E-state index is 12.9. The molecule has 3 heterocycles. The maximum absolute atomic E-state index is 12.9. The number of rotatable bonds is 6. The molecule has 0 radical (unpaired) electrons. The Morgan fingerprint density at radius 2 is 1.67 bits per heavy atom. The Morgan fingerprint density at radius 1 is 0.917 bits per heavy atom. The molecule has 6 nitrogen and oxygen atoms in total. The van der Waals surface area contributed by atoms with E-state index in [1.165, 1.54) is 17.3 Å². The summed E-state index contributed by atoms with van der Waals surface area (Å²) in [7, 11) is 0. The number of carbonyl (C=O) groups is 1. The number of hydrogen-bond acceptors (Lipinski definition) is 6. The molecule has 3 aromatic heterocycles. The van der Waals surface area contributed by atoms with Gasteiger partial charge in [0.1, 0.15) is 11.2 Å². The van der Waals surface area contributed by atoms with Crippen LogP contribution in [0.15, 0.2) is 95.7 Å². The SMILES string of the molecule is Cc1ccc(-c2csc3ncn4c(SCC(=O)Nc5ccccc5-c5ccccc5)nnc4c23)cc1. The molecule has 6 aromatic rings. The molecular formula is C28H21N5OS2. The van der Waals surface area contributed by atoms with Gasteiger partial charge in [0.05, 0.1) is 11.1 Å². The minimum Gasteiger partial charge on any atom is -0.325 e. The van der Waals surface area contributed by atoms with Crippen molar-refractivity contribution >= 4 is 50.6 Å². The van der Waals surface area contributed by atoms with Gasteiger partial charge in [-0.1, -0.05) is 90.1 Å². The fraction of sp³-hybridized carbons (Fsp3) is 0.0714. The molecule has 0 aliphatic carbocycles. The van der Waals surface area contributed by atoms with Crippen LogP contribution >= 0.6 is 23.1 Å². The van der Waals surface area contributed by atoms with E-state index >= 15 is 0 Å². The first-order chi connectivity index (χ1) is 17.7. The molecule has 36 heavy (non-hydrogen) atoms. The zero-order valence-corrected chi connectivity index (χ0v) is 21.0. The predicted molar refractivity (Wildman–Crippen MR) is 148 cm³/mol. The lowest BCUT2D eigenvalue weighted by atomic mass is 10.0. The van der Waals surface area contributed by atoms with Crippen molar-refractivity contribution in [1.29, 1.82) is 0 Å². The van der Waals surface area contributed by atoms with Gasteiger partial charge in [0.25, 0.3) is 0 Å². The van der Waals surface area contributed by atoms with Crippen LogP contribution in [0.5, 0.6) is 0 Å². The number of para-hydroxylation sites is 1. The third-order valence-electron chi connectivity index (χ3n) is 5.93. The summed E-state index contributed by atoms with van der Waals surface area (Å²) >= 11 is 2.93. The molecule has 0 atom stereocenters. The zero-order chi connectivity index (χ0) is 24.5. The number of carbonyl (C=O) groups excluding carboxylic acids is 1. The van der Waals surface area contributed by atoms with E-state index in [0.717, 1.165) is 43.8 Å². The molecule has 0 saturated heterocycles. The third-order valence-corrected chi connectivity index (χ3v) is 7.76. The van der Waals surface area contributed by atoms with Gasteiger partial charge in [-0.25, -0.2) is 4.98 Å². The molecule has 0 fully saturated rings. The van der Waals surface area contributed by atoms with Gasteiger partial charge < -0.3 is 5.32 Å². The Bertz CT molecular complexity index is 1690. The number of aromatic nitrogens is 4. The molecule has 3 aromatic carbocycles. The van der Waals surface area contributed by atoms with Gasteiger partial charge in [0, 0.05) is 22.2 Å². The summed E-state index contributed by atoms with van der Waals surface area (Å²) in [5.74, 6) is 0.0983. The third kappa shape index (κ3) is 4.25. The predicted octanol–water partition coefficient (Wildman–Crippen LogP) is 6.71. The number of aryl methyl sites for hydroxylation is 1. The van der Waals surface area contributed by atoms with Gasteiger partial charge in [-0.2, -0.15) is 0 Å². The van der Waals surface area contributed by atoms with E-state index in [1.807, 2.05) is 59.0 Å². The number of hydrogen-bond donors (Lipinski definition) is 1. The molecule has 0 spiro atoms. The lowest BCUT2D eigenvalue weighted by molar-refractivity contribution is -0.113. The van der Waals surface area contributed by atoms with Crippen LogP contribution in [0.2, 0.25) is 0 Å². The second kappa shape index (κ2) is 9.56. The number of thiophene rings is 1. The zero-order valence-electron chi connectivity index (χ0n) is 19.4. The van der Waals surface area contributed by atoms with Crippen molar-refractivity contribution in [3.63, 3.8) is 0 Å². The molecule has 1 amide bonds. The Balaban J connectivity index is 1.24. The van der Waals surface area contributed by atoms with Crippen molar-refractivity contribution in [1.82, 2.24) is 19.6 Å². The Morgan fingerprint density at radius 3 is 2.50 bits per heavy atom. The first-order valence-electron chi connectivity index (χ1n) is 11.4. The van der Waals surface area contributed by atoms with Crippen LogP contribution < -0.4 is 5.32 Å². The summed E-state index contributed by atoms with van der Waals surface area (Å²) in [6.45, 7) is 2.08. The van der Waals surface area contributed by atoms with Gasteiger partial charge in [-0.3, -0.25) is 9.20 Å². The molecule has 176 valence electrons. The second-order valence-electron chi connectivity index (χ2n) is 8.36. The molecule has 8 heteroatoms. The molecule has 6 rings (SSSR count). The van der Waals surface area contributed by atoms with Crippen molar-refractivity contribution in [2.75, 3.05) is 11.1 Å². The van der Waals surface area contributed by atoms with Gasteiger partial charge in [-0.05, 0) is 24.1 Å². The quantitative estimate of drug-likeness (QED) is 0.254. The molecule has 0 saturated carbocycles. The van der Waals surface area contributed by atoms with Crippen LogP contribution in [0, 0.1) is 6.92 Å². The van der Waals surface area contributed by atoms with E-state index in [0.29, 0.717) is 5.16 Å². The lowest BCUT2D eigenvalue weighted by Crippen LogP contribution is -2.15. The summed E-state index contributed by atoms with van der Waals surface area (Å²) in [5.41, 5.74) is 6.99. The largest absolute Gasteiger partial charge is 0.325 e. The number of nitrogens with zero attached hydrogens (tertiary/aromatic N) is 4. The van der Waals surface area contributed by atoms with Crippen molar-refractivity contribution < 1.29 is 4.79 Å². The van der Waals surface area contributed by atoms with Gasteiger partial charge in [-0.15, -0.1) is 21.5 Å². The van der Waals surface area contributed by atoms with Gasteiger partial charge in [0.2, 0.25) is 5.91 Å². The van der Waals surface area contributed by atoms with Crippen LogP contribution in [0.1, 0.15) is 5.56 Å². The van der Waals surface area contributed by atoms with Crippen molar-refractivity contribution in [3.8, 4) is 22.3 Å². The maximum Gasteiger partial charge on any atom is 0.234 e. The van der Waals surface area contributed by atoms with Crippen molar-refractivity contribution in [2.24, 2.45) is 0 Å². The summed E-state index contributed by atoms with van der Waals surface area (Å²) in [6.07, 6.45) is 1.73. The highest BCUT2D eigenvalue weighted by Gasteiger charge is 2.17. The summed E-state index contributed by atoms with van der Waals surface area (Å²) in [4.78, 5) is 18.4. The minimum atomic E-state index is -0.106. The number of fused-ring (bicyclic) bond motifs is 3. The first kappa shape index (κ1) is 22.5. The Labute approximate surface area is 216 Å². The monoisotopic (exact) mass is 507 g/mol. The number of thioether (sulfide) groups is 1. The van der Waals surface area contributed by atoms with Crippen LogP contribution in [-0.4, -0.2) is 31.2 Å². The lowest BCUT2D eigenvalue weighted by Gasteiger charge is -2.11. The summed E-state index contributed by atoms with van der Waals surface area (Å²) in [5, 5.41) is 15.6. The van der Waals surface area contributed by atoms with E-state index in [1.54, 1.807) is 17.7 Å². The second-order valence-corrected chi connectivity index (χ2v) is 10.2. The number of benzene rings is 3. The number of anilines is 1. The number of nitrogens with one attached hydrogen (secondary N) is 1. The van der Waals surface area contributed by atoms with Crippen LogP contribution in [0.3, 0.4) is 0 Å². The summed E-state index contributed by atoms with van der Waals surface area (Å²) < 4.78 is 1.86. The van der Waals surface area contributed by atoms with E-state index in [2.05, 4.69) is 57.1 Å². The van der Waals surface area contributed by atoms with E-state index in [-0.39, 0.29) is 11.7 Å². The topological polar surface area (TPSA) is 72.2 Å². The average Bonchev–Trinajstić information content (AvgIpc) is 3.53. The average molecular weight is 508 g/mol. The van der Waals surface area contributed by atoms with Gasteiger partial charge >= 0.3 is 0 Å². The smallest absolute Gasteiger partial charge is 0.234 e. The Kier molecular flexibility index (Phi) is 5.96. The standard InChI is InChI=1S/C28H21N5OS2/c1-18-11-13-20(14-12-18)22-15-35-27-25(22)26-31-32-28(33(26)17-29-27)36-16-24(34)30-23-10-6-5-9-21(23)19-7-3-2-4-8-19/h2-15,17H,16H2,1H3,(H,30,34). The molecule has 0 aliphatic heterocycles. The van der Waals surface area contributed by atoms with E-state index in [9.17, 15) is 4.79 Å².